The number of benzene rings is 9. The molecule has 1 aliphatic heterocycles. The van der Waals surface area contributed by atoms with Crippen molar-refractivity contribution in [2.24, 2.45) is 0 Å². The van der Waals surface area contributed by atoms with Crippen molar-refractivity contribution in [1.82, 2.24) is 8.97 Å². The van der Waals surface area contributed by atoms with Crippen LogP contribution in [0.2, 0.25) is 0 Å². The summed E-state index contributed by atoms with van der Waals surface area (Å²) in [7, 11) is 0. The molecule has 0 fully saturated rings. The molecular weight excluding hydrogens is 841 g/mol. The molecule has 0 bridgehead atoms. The molecule has 6 atom stereocenters. The summed E-state index contributed by atoms with van der Waals surface area (Å²) in [6, 6.07) is 62.9. The van der Waals surface area contributed by atoms with Crippen LogP contribution >= 0.6 is 0 Å². The van der Waals surface area contributed by atoms with Gasteiger partial charge in [0.15, 0.2) is 11.6 Å². The number of Topliss-reactive ketones (excluding diaryl/α,β-unsaturated/α-hetero) is 2. The normalized spacial score (nSPS) is 25.0. The Bertz CT molecular complexity index is 4620. The van der Waals surface area contributed by atoms with Crippen molar-refractivity contribution in [3.63, 3.8) is 0 Å². The average molecular weight is 879 g/mol. The molecule has 3 aromatic heterocycles. The summed E-state index contributed by atoms with van der Waals surface area (Å²) in [6.07, 6.45) is 0. The van der Waals surface area contributed by atoms with Gasteiger partial charge in [-0.15, -0.1) is 0 Å². The Balaban J connectivity index is 0.994. The van der Waals surface area contributed by atoms with Crippen LogP contribution in [0.1, 0.15) is 125 Å². The molecule has 0 radical (unpaired) electrons. The number of rotatable bonds is 0. The van der Waals surface area contributed by atoms with Crippen molar-refractivity contribution >= 4 is 71.5 Å². The summed E-state index contributed by atoms with van der Waals surface area (Å²) in [5.41, 5.74) is 22.8. The van der Waals surface area contributed by atoms with Gasteiger partial charge in [-0.05, 0) is 103 Å². The zero-order chi connectivity index (χ0) is 44.9. The van der Waals surface area contributed by atoms with E-state index >= 15 is 9.59 Å². The summed E-state index contributed by atoms with van der Waals surface area (Å²) in [6.45, 7) is 4.74. The number of hydrogen-bond acceptors (Lipinski definition) is 2. The van der Waals surface area contributed by atoms with E-state index in [1.807, 2.05) is 0 Å². The number of carbonyl (C=O) groups is 2. The maximum Gasteiger partial charge on any atom is 0.171 e. The van der Waals surface area contributed by atoms with Crippen molar-refractivity contribution in [2.75, 3.05) is 0 Å². The molecule has 6 aliphatic carbocycles. The van der Waals surface area contributed by atoms with E-state index in [9.17, 15) is 0 Å². The van der Waals surface area contributed by atoms with Gasteiger partial charge < -0.3 is 8.97 Å². The van der Waals surface area contributed by atoms with Crippen LogP contribution in [0.3, 0.4) is 0 Å². The average Bonchev–Trinajstić information content (AvgIpc) is 3.98. The third-order valence-corrected chi connectivity index (χ3v) is 19.5. The van der Waals surface area contributed by atoms with Gasteiger partial charge in [0, 0.05) is 71.5 Å². The van der Waals surface area contributed by atoms with Gasteiger partial charge in [0.2, 0.25) is 0 Å². The molecule has 6 unspecified atom stereocenters. The predicted octanol–water partition coefficient (Wildman–Crippen LogP) is 14.0. The summed E-state index contributed by atoms with van der Waals surface area (Å²) in [5.74, 6) is 0.140. The Hall–Kier alpha value is -8.08. The predicted molar refractivity (Wildman–Crippen MR) is 273 cm³/mol. The first-order chi connectivity index (χ1) is 33.9. The highest BCUT2D eigenvalue weighted by molar-refractivity contribution is 6.37. The fraction of sp³-hybridized carbons (Fsp3) is 0.138. The number of carbonyl (C=O) groups excluding carboxylic acids is 2. The van der Waals surface area contributed by atoms with Gasteiger partial charge >= 0.3 is 0 Å². The smallest absolute Gasteiger partial charge is 0.171 e. The SMILES string of the molecule is CC1(C)c2ccccc2-n2c3cc4c5cc6c(cc5n5c7cc8c(cc7c(c3c3cccc1c32)c45)C1c2ccccc2C12c1ccccc1C2C8=O)C(=O)C1c2ccccc2C12c1ccccc1C62. The molecule has 7 aliphatic rings. The first kappa shape index (κ1) is 35.1. The molecule has 9 aromatic carbocycles. The summed E-state index contributed by atoms with van der Waals surface area (Å²) >= 11 is 0. The third kappa shape index (κ3) is 3.24. The first-order valence-electron chi connectivity index (χ1n) is 24.7. The number of ketones is 2. The lowest BCUT2D eigenvalue weighted by Gasteiger charge is -2.64. The van der Waals surface area contributed by atoms with Crippen molar-refractivity contribution in [1.29, 1.82) is 0 Å². The number of fused-ring (bicyclic) bond motifs is 24. The summed E-state index contributed by atoms with van der Waals surface area (Å²) < 4.78 is 5.01. The molecule has 4 heterocycles. The minimum atomic E-state index is -0.360. The topological polar surface area (TPSA) is 43.5 Å². The zero-order valence-electron chi connectivity index (χ0n) is 37.7. The zero-order valence-corrected chi connectivity index (χ0v) is 37.7. The molecule has 0 N–H and O–H groups in total. The summed E-state index contributed by atoms with van der Waals surface area (Å²) in [5, 5.41) is 7.22. The Morgan fingerprint density at radius 2 is 0.855 bits per heavy atom. The molecule has 320 valence electrons. The van der Waals surface area contributed by atoms with Crippen molar-refractivity contribution in [3.05, 3.63) is 248 Å². The number of nitrogens with zero attached hydrogens (tertiary/aromatic N) is 2. The second-order valence-electron chi connectivity index (χ2n) is 22.0. The van der Waals surface area contributed by atoms with Crippen LogP contribution in [-0.4, -0.2) is 20.5 Å². The molecular formula is C65H38N2O2. The minimum absolute atomic E-state index is 0.0707. The van der Waals surface area contributed by atoms with Crippen LogP contribution in [-0.2, 0) is 16.2 Å². The van der Waals surface area contributed by atoms with Crippen molar-refractivity contribution < 1.29 is 9.59 Å². The van der Waals surface area contributed by atoms with E-state index in [1.54, 1.807) is 0 Å². The van der Waals surface area contributed by atoms with E-state index in [4.69, 9.17) is 0 Å². The molecule has 0 amide bonds. The van der Waals surface area contributed by atoms with Crippen molar-refractivity contribution in [3.8, 4) is 5.69 Å². The Morgan fingerprint density at radius 1 is 0.377 bits per heavy atom. The van der Waals surface area contributed by atoms with Gasteiger partial charge in [-0.25, -0.2) is 0 Å². The van der Waals surface area contributed by atoms with Gasteiger partial charge in [0.25, 0.3) is 0 Å². The largest absolute Gasteiger partial charge is 0.309 e. The molecule has 4 heteroatoms. The van der Waals surface area contributed by atoms with E-state index in [-0.39, 0.29) is 51.5 Å². The highest BCUT2D eigenvalue weighted by Gasteiger charge is 2.70. The van der Waals surface area contributed by atoms with Crippen LogP contribution < -0.4 is 0 Å². The lowest BCUT2D eigenvalue weighted by Crippen LogP contribution is -2.61. The molecule has 0 saturated heterocycles. The minimum Gasteiger partial charge on any atom is -0.309 e. The monoisotopic (exact) mass is 878 g/mol. The van der Waals surface area contributed by atoms with Crippen LogP contribution in [0.4, 0.5) is 0 Å². The number of hydrogen-bond donors (Lipinski definition) is 0. The summed E-state index contributed by atoms with van der Waals surface area (Å²) in [4.78, 5) is 31.0. The fourth-order valence-electron chi connectivity index (χ4n) is 17.2. The van der Waals surface area contributed by atoms with Crippen molar-refractivity contribution in [2.45, 2.75) is 53.8 Å². The standard InChI is InChI=1S/C65H38N2O2/c1-63(2)47-23-11-12-25-49(47)66-52-28-39-36-26-37-40(61(68)57-33-16-5-9-21-45(33)64(57)43-19-7-3-14-31(43)55(37)64)29-50(36)67-51-30-41-38(27-42(51)54(60(39)67)53(52)35-18-13-24-48(63)59(35)66)56-32-15-4-8-20-44(32)65(56)46-22-10-6-17-34(46)58(65)62(41)69/h3-30,55-58H,1-2H3. The number of para-hydroxylation sites is 2. The molecule has 19 rings (SSSR count). The first-order valence-corrected chi connectivity index (χ1v) is 24.7. The van der Waals surface area contributed by atoms with Gasteiger partial charge in [-0.1, -0.05) is 147 Å². The van der Waals surface area contributed by atoms with E-state index in [2.05, 4.69) is 193 Å². The Labute approximate surface area is 395 Å². The lowest BCUT2D eigenvalue weighted by molar-refractivity contribution is 0.0839. The fourth-order valence-corrected chi connectivity index (χ4v) is 17.2. The maximum absolute atomic E-state index is 15.5. The van der Waals surface area contributed by atoms with Gasteiger partial charge in [-0.3, -0.25) is 9.59 Å². The molecule has 69 heavy (non-hydrogen) atoms. The van der Waals surface area contributed by atoms with Crippen LogP contribution in [0, 0.1) is 0 Å². The maximum atomic E-state index is 15.5. The van der Waals surface area contributed by atoms with E-state index in [0.717, 1.165) is 38.7 Å². The van der Waals surface area contributed by atoms with Gasteiger partial charge in [-0.2, -0.15) is 0 Å². The molecule has 12 aromatic rings. The van der Waals surface area contributed by atoms with E-state index in [0.29, 0.717) is 0 Å². The van der Waals surface area contributed by atoms with Crippen LogP contribution in [0.15, 0.2) is 170 Å². The van der Waals surface area contributed by atoms with Gasteiger partial charge in [0.1, 0.15) is 0 Å². The molecule has 0 saturated carbocycles. The Kier molecular flexibility index (Phi) is 5.41. The third-order valence-electron chi connectivity index (χ3n) is 19.5. The molecule has 4 nitrogen and oxygen atoms in total. The molecule has 2 spiro atoms. The highest BCUT2D eigenvalue weighted by Crippen LogP contribution is 2.75. The lowest BCUT2D eigenvalue weighted by atomic mass is 9.36. The van der Waals surface area contributed by atoms with Gasteiger partial charge in [0.05, 0.1) is 45.1 Å². The van der Waals surface area contributed by atoms with E-state index in [1.165, 1.54) is 105 Å². The van der Waals surface area contributed by atoms with Crippen LogP contribution in [0.25, 0.3) is 65.6 Å². The second-order valence-corrected chi connectivity index (χ2v) is 22.0. The van der Waals surface area contributed by atoms with Crippen LogP contribution in [0.5, 0.6) is 0 Å². The second kappa shape index (κ2) is 10.6. The highest BCUT2D eigenvalue weighted by atomic mass is 16.1. The number of aromatic nitrogens is 2. The van der Waals surface area contributed by atoms with E-state index < -0.39 is 0 Å². The Morgan fingerprint density at radius 3 is 1.43 bits per heavy atom. The quantitative estimate of drug-likeness (QED) is 0.152.